The molecule has 404 valence electrons. The SMILES string of the molecule is C1CCOC1.C1CCOC1.Cc1cccc(CN(Cc2cccc(C)n2)Cc2cccc(C)n2)n1.Cc1cccc(CN(Cc2cccc(C)n2)Cc2cccc(C)n2)n1.[Fe+4].[Fe+4].[O-2].[O-2].[O-][Cl+3]([O-])([O-])[O-].[O-][Cl+3]([O-])([O-])[O-]. The molecule has 0 aliphatic carbocycles. The van der Waals surface area contributed by atoms with Crippen LogP contribution in [0.2, 0.25) is 0 Å². The second kappa shape index (κ2) is 39.4. The molecule has 0 N–H and O–H groups in total. The van der Waals surface area contributed by atoms with Crippen molar-refractivity contribution >= 4 is 0 Å². The largest absolute Gasteiger partial charge is 4.00 e. The number of ether oxygens (including phenoxy) is 2. The van der Waals surface area contributed by atoms with Gasteiger partial charge in [-0.15, -0.1) is 20.5 Å². The summed E-state index contributed by atoms with van der Waals surface area (Å²) in [5.74, 6) is 0. The van der Waals surface area contributed by atoms with Crippen LogP contribution in [0.25, 0.3) is 0 Å². The molecule has 2 fully saturated rings. The number of hydrogen-bond donors (Lipinski definition) is 0. The van der Waals surface area contributed by atoms with Gasteiger partial charge in [0.1, 0.15) is 0 Å². The molecule has 0 saturated carbocycles. The summed E-state index contributed by atoms with van der Waals surface area (Å²) in [4.78, 5) is 32.6. The fourth-order valence-electron chi connectivity index (χ4n) is 6.86. The molecule has 2 aliphatic heterocycles. The molecular weight excluding hydrogens is 1090 g/mol. The van der Waals surface area contributed by atoms with Gasteiger partial charge in [0, 0.05) is 99.9 Å². The fourth-order valence-corrected chi connectivity index (χ4v) is 6.86. The molecule has 0 unspecified atom stereocenters. The van der Waals surface area contributed by atoms with E-state index in [0.717, 1.165) is 134 Å². The van der Waals surface area contributed by atoms with Crippen LogP contribution in [-0.2, 0) is 93.8 Å². The van der Waals surface area contributed by atoms with Gasteiger partial charge in [-0.25, -0.2) is 37.3 Å². The Hall–Kier alpha value is -4.04. The normalized spacial score (nSPS) is 12.3. The minimum Gasteiger partial charge on any atom is -2.00 e. The molecule has 2 aliphatic rings. The van der Waals surface area contributed by atoms with Crippen molar-refractivity contribution in [3.8, 4) is 0 Å². The summed E-state index contributed by atoms with van der Waals surface area (Å²) < 4.78 is 77.8. The minimum absolute atomic E-state index is 0. The number of rotatable bonds is 12. The first-order chi connectivity index (χ1) is 33.2. The van der Waals surface area contributed by atoms with Crippen LogP contribution < -0.4 is 37.3 Å². The average Bonchev–Trinajstić information content (AvgIpc) is 4.05. The van der Waals surface area contributed by atoms with Gasteiger partial charge >= 0.3 is 34.1 Å². The number of aryl methyl sites for hydroxylation is 6. The van der Waals surface area contributed by atoms with Crippen molar-refractivity contribution in [2.45, 2.75) is 106 Å². The molecule has 0 spiro atoms. The van der Waals surface area contributed by atoms with Crippen LogP contribution in [0.15, 0.2) is 109 Å². The number of halogens is 2. The zero-order chi connectivity index (χ0) is 51.4. The summed E-state index contributed by atoms with van der Waals surface area (Å²) in [6, 6.07) is 37.0. The van der Waals surface area contributed by atoms with Gasteiger partial charge in [-0.2, -0.15) is 0 Å². The molecule has 0 amide bonds. The Morgan fingerprint density at radius 3 is 0.595 bits per heavy atom. The third-order valence-corrected chi connectivity index (χ3v) is 9.64. The van der Waals surface area contributed by atoms with E-state index in [4.69, 9.17) is 46.7 Å². The zero-order valence-corrected chi connectivity index (χ0v) is 46.0. The number of pyridine rings is 6. The molecule has 0 aromatic carbocycles. The van der Waals surface area contributed by atoms with Gasteiger partial charge in [0.15, 0.2) is 0 Å². The van der Waals surface area contributed by atoms with Crippen LogP contribution in [0.4, 0.5) is 0 Å². The maximum atomic E-state index is 8.49. The average molecular weight is 1150 g/mol. The number of aromatic nitrogens is 6. The topological polar surface area (TPSA) is 344 Å². The van der Waals surface area contributed by atoms with Crippen LogP contribution in [0.1, 0.15) is 94.0 Å². The molecule has 0 radical (unpaired) electrons. The second-order valence-corrected chi connectivity index (χ2v) is 17.8. The molecule has 74 heavy (non-hydrogen) atoms. The van der Waals surface area contributed by atoms with E-state index in [2.05, 4.69) is 113 Å². The van der Waals surface area contributed by atoms with E-state index in [1.807, 2.05) is 77.9 Å². The maximum Gasteiger partial charge on any atom is 4.00 e. The molecule has 24 heteroatoms. The molecular formula is C50H64Cl2Fe2N8O12+2. The van der Waals surface area contributed by atoms with E-state index in [0.29, 0.717) is 0 Å². The summed E-state index contributed by atoms with van der Waals surface area (Å²) >= 11 is 0. The minimum atomic E-state index is -4.94. The predicted molar refractivity (Wildman–Crippen MR) is 241 cm³/mol. The van der Waals surface area contributed by atoms with Crippen LogP contribution in [0, 0.1) is 62.0 Å². The van der Waals surface area contributed by atoms with Crippen molar-refractivity contribution in [2.75, 3.05) is 26.4 Å². The third kappa shape index (κ3) is 37.7. The molecule has 0 bridgehead atoms. The third-order valence-electron chi connectivity index (χ3n) is 9.64. The van der Waals surface area contributed by atoms with Gasteiger partial charge in [0.2, 0.25) is 0 Å². The number of nitrogens with zero attached hydrogens (tertiary/aromatic N) is 8. The zero-order valence-electron chi connectivity index (χ0n) is 42.2. The second-order valence-electron chi connectivity index (χ2n) is 16.3. The maximum absolute atomic E-state index is 8.49. The number of hydrogen-bond acceptors (Lipinski definition) is 18. The van der Waals surface area contributed by atoms with E-state index in [-0.39, 0.29) is 45.1 Å². The standard InChI is InChI=1S/2C21H24N4.2C4H8O.2ClHO4.2Fe.2O/c2*1-16-7-4-10-19(22-16)13-25(14-20-11-5-8-17(2)23-20)15-21-12-6-9-18(3)24-21;2*1-2-4-5-3-1;2*2-1(3,4)5;;;;/h2*4-12H,13-15H2,1-3H3;2*1-4H2;2*(H,2,3,4,5);;;;/q;;;;;;2*+4;2*-2/p-2. The monoisotopic (exact) mass is 1150 g/mol. The Kier molecular flexibility index (Phi) is 38.3. The summed E-state index contributed by atoms with van der Waals surface area (Å²) in [6.07, 6.45) is 5.11. The first-order valence-electron chi connectivity index (χ1n) is 22.6. The first-order valence-corrected chi connectivity index (χ1v) is 25.0. The van der Waals surface area contributed by atoms with Gasteiger partial charge < -0.3 is 20.4 Å². The van der Waals surface area contributed by atoms with Crippen molar-refractivity contribution < 1.29 is 112 Å². The van der Waals surface area contributed by atoms with Crippen molar-refractivity contribution in [1.82, 2.24) is 39.7 Å². The molecule has 8 rings (SSSR count). The molecule has 20 nitrogen and oxygen atoms in total. The van der Waals surface area contributed by atoms with Crippen LogP contribution in [-0.4, -0.2) is 66.1 Å². The molecule has 2 saturated heterocycles. The van der Waals surface area contributed by atoms with Crippen molar-refractivity contribution in [3.05, 3.63) is 178 Å². The Bertz CT molecular complexity index is 1990. The van der Waals surface area contributed by atoms with Crippen LogP contribution in [0.5, 0.6) is 0 Å². The van der Waals surface area contributed by atoms with E-state index in [1.165, 1.54) is 25.7 Å². The van der Waals surface area contributed by atoms with E-state index in [9.17, 15) is 0 Å². The molecule has 6 aromatic heterocycles. The van der Waals surface area contributed by atoms with Crippen molar-refractivity contribution in [2.24, 2.45) is 0 Å². The van der Waals surface area contributed by atoms with E-state index < -0.39 is 20.5 Å². The first kappa shape index (κ1) is 72.0. The van der Waals surface area contributed by atoms with Crippen LogP contribution in [0.3, 0.4) is 0 Å². The van der Waals surface area contributed by atoms with Crippen molar-refractivity contribution in [1.29, 1.82) is 0 Å². The van der Waals surface area contributed by atoms with Gasteiger partial charge in [-0.3, -0.25) is 39.7 Å². The predicted octanol–water partition coefficient (Wildman–Crippen LogP) is -0.162. The van der Waals surface area contributed by atoms with Crippen LogP contribution >= 0.6 is 0 Å². The molecule has 8 heterocycles. The Labute approximate surface area is 460 Å². The van der Waals surface area contributed by atoms with Gasteiger partial charge in [-0.1, -0.05) is 36.4 Å². The van der Waals surface area contributed by atoms with Crippen molar-refractivity contribution in [3.63, 3.8) is 0 Å². The molecule has 0 atom stereocenters. The van der Waals surface area contributed by atoms with E-state index >= 15 is 0 Å². The fraction of sp³-hybridized carbons (Fsp3) is 0.400. The summed E-state index contributed by atoms with van der Waals surface area (Å²) in [5, 5.41) is 0. The van der Waals surface area contributed by atoms with Gasteiger partial charge in [0.05, 0.1) is 34.2 Å². The van der Waals surface area contributed by atoms with Gasteiger partial charge in [-0.05, 0) is 140 Å². The van der Waals surface area contributed by atoms with Gasteiger partial charge in [0.25, 0.3) is 0 Å². The Balaban J connectivity index is 0. The summed E-state index contributed by atoms with van der Waals surface area (Å²) in [5.41, 5.74) is 12.7. The molecule has 6 aromatic rings. The smallest absolute Gasteiger partial charge is 2.00 e. The Morgan fingerprint density at radius 1 is 0.338 bits per heavy atom. The Morgan fingerprint density at radius 2 is 0.486 bits per heavy atom. The summed E-state index contributed by atoms with van der Waals surface area (Å²) in [6.45, 7) is 20.8. The quantitative estimate of drug-likeness (QED) is 0.144. The summed E-state index contributed by atoms with van der Waals surface area (Å²) in [7, 11) is -9.89. The van der Waals surface area contributed by atoms with E-state index in [1.54, 1.807) is 0 Å².